The van der Waals surface area contributed by atoms with E-state index in [0.29, 0.717) is 0 Å². The summed E-state index contributed by atoms with van der Waals surface area (Å²) in [5.41, 5.74) is 0.472. The van der Waals surface area contributed by atoms with Crippen molar-refractivity contribution in [1.82, 2.24) is 0 Å². The zero-order valence-electron chi connectivity index (χ0n) is 7.03. The minimum Gasteiger partial charge on any atom is -0.353 e. The molecule has 0 amide bonds. The van der Waals surface area contributed by atoms with Gasteiger partial charge >= 0.3 is 6.18 Å². The van der Waals surface area contributed by atoms with Crippen LogP contribution in [-0.4, -0.2) is 5.49 Å². The molecule has 82 valence electrons. The largest absolute Gasteiger partial charge is 0.417 e. The van der Waals surface area contributed by atoms with E-state index in [1.54, 1.807) is 0 Å². The fourth-order valence-electron chi connectivity index (χ4n) is 0.947. The molecule has 0 heterocycles. The summed E-state index contributed by atoms with van der Waals surface area (Å²) in [5, 5.41) is 2.45. The molecule has 1 rings (SSSR count). The van der Waals surface area contributed by atoms with E-state index in [2.05, 4.69) is 33.5 Å². The molecule has 1 aromatic carbocycles. The summed E-state index contributed by atoms with van der Waals surface area (Å²) in [7, 11) is 0. The fourth-order valence-corrected chi connectivity index (χ4v) is 1.76. The second-order valence-corrected chi connectivity index (χ2v) is 4.02. The van der Waals surface area contributed by atoms with Crippen LogP contribution in [0.5, 0.6) is 0 Å². The van der Waals surface area contributed by atoms with Crippen molar-refractivity contribution in [2.45, 2.75) is 6.18 Å². The molecule has 0 aliphatic carbocycles. The molecule has 0 aromatic heterocycles. The van der Waals surface area contributed by atoms with Crippen molar-refractivity contribution in [1.29, 1.82) is 0 Å². The van der Waals surface area contributed by atoms with Crippen LogP contribution in [0.15, 0.2) is 16.6 Å². The van der Waals surface area contributed by atoms with Gasteiger partial charge < -0.3 is 5.32 Å². The standard InChI is InChI=1S/C8H4BrClF3NS/c9-7-5(8(11,12)13)1-4(14-3-15)2-6(7)10/h1-3H,(H,14,15). The average Bonchev–Trinajstić information content (AvgIpc) is 2.09. The summed E-state index contributed by atoms with van der Waals surface area (Å²) >= 11 is 12.9. The molecule has 0 saturated carbocycles. The maximum atomic E-state index is 12.5. The first-order valence-electron chi connectivity index (χ1n) is 3.62. The van der Waals surface area contributed by atoms with Gasteiger partial charge in [-0.05, 0) is 28.1 Å². The lowest BCUT2D eigenvalue weighted by molar-refractivity contribution is -0.138. The molecule has 15 heavy (non-hydrogen) atoms. The lowest BCUT2D eigenvalue weighted by Gasteiger charge is -2.12. The SMILES string of the molecule is FC(F)(F)c1cc(NC=S)cc(Cl)c1Br. The van der Waals surface area contributed by atoms with Gasteiger partial charge in [-0.1, -0.05) is 23.8 Å². The van der Waals surface area contributed by atoms with Crippen molar-refractivity contribution < 1.29 is 13.2 Å². The molecule has 1 N–H and O–H groups in total. The highest BCUT2D eigenvalue weighted by atomic mass is 79.9. The van der Waals surface area contributed by atoms with E-state index in [1.165, 1.54) is 6.07 Å². The quantitative estimate of drug-likeness (QED) is 0.806. The summed E-state index contributed by atoms with van der Waals surface area (Å²) in [6.07, 6.45) is -4.46. The lowest BCUT2D eigenvalue weighted by Crippen LogP contribution is -2.07. The van der Waals surface area contributed by atoms with Gasteiger partial charge in [-0.3, -0.25) is 0 Å². The number of thiocarbonyl (C=S) groups is 1. The number of hydrogen-bond donors (Lipinski definition) is 1. The Balaban J connectivity index is 3.31. The third kappa shape index (κ3) is 3.06. The van der Waals surface area contributed by atoms with E-state index < -0.39 is 11.7 Å². The molecule has 1 nitrogen and oxygen atoms in total. The minimum absolute atomic E-state index is 0.0239. The van der Waals surface area contributed by atoms with E-state index in [1.807, 2.05) is 0 Å². The number of hydrogen-bond acceptors (Lipinski definition) is 1. The highest BCUT2D eigenvalue weighted by Gasteiger charge is 2.34. The Kier molecular flexibility index (Phi) is 3.97. The molecule has 0 unspecified atom stereocenters. The fraction of sp³-hybridized carbons (Fsp3) is 0.125. The predicted octanol–water partition coefficient (Wildman–Crippen LogP) is 4.49. The molecule has 7 heteroatoms. The zero-order chi connectivity index (χ0) is 11.6. The van der Waals surface area contributed by atoms with Crippen LogP contribution in [0.2, 0.25) is 5.02 Å². The average molecular weight is 319 g/mol. The molecular formula is C8H4BrClF3NS. The first kappa shape index (κ1) is 12.7. The molecule has 0 spiro atoms. The molecular weight excluding hydrogens is 315 g/mol. The van der Waals surface area contributed by atoms with Crippen molar-refractivity contribution in [3.63, 3.8) is 0 Å². The minimum atomic E-state index is -4.46. The van der Waals surface area contributed by atoms with Gasteiger partial charge in [0.2, 0.25) is 0 Å². The first-order chi connectivity index (χ1) is 6.86. The Hall–Kier alpha value is -0.330. The number of benzene rings is 1. The number of rotatable bonds is 2. The van der Waals surface area contributed by atoms with Crippen molar-refractivity contribution in [3.8, 4) is 0 Å². The molecule has 0 saturated heterocycles. The van der Waals surface area contributed by atoms with Crippen LogP contribution in [0, 0.1) is 0 Å². The van der Waals surface area contributed by atoms with Crippen LogP contribution in [0.25, 0.3) is 0 Å². The third-order valence-electron chi connectivity index (χ3n) is 1.56. The van der Waals surface area contributed by atoms with Crippen LogP contribution >= 0.6 is 39.7 Å². The Labute approximate surface area is 103 Å². The topological polar surface area (TPSA) is 12.0 Å². The second kappa shape index (κ2) is 4.67. The van der Waals surface area contributed by atoms with Crippen molar-refractivity contribution in [3.05, 3.63) is 27.2 Å². The highest BCUT2D eigenvalue weighted by Crippen LogP contribution is 2.40. The van der Waals surface area contributed by atoms with E-state index in [4.69, 9.17) is 11.6 Å². The van der Waals surface area contributed by atoms with Crippen LogP contribution in [0.4, 0.5) is 18.9 Å². The zero-order valence-corrected chi connectivity index (χ0v) is 10.2. The molecule has 0 aliphatic heterocycles. The lowest BCUT2D eigenvalue weighted by atomic mass is 10.2. The molecule has 0 radical (unpaired) electrons. The van der Waals surface area contributed by atoms with Gasteiger partial charge in [0.1, 0.15) is 0 Å². The van der Waals surface area contributed by atoms with E-state index in [0.717, 1.165) is 11.6 Å². The molecule has 0 bridgehead atoms. The molecule has 0 aliphatic rings. The molecule has 0 atom stereocenters. The Morgan fingerprint density at radius 1 is 1.40 bits per heavy atom. The van der Waals surface area contributed by atoms with Gasteiger partial charge in [-0.2, -0.15) is 13.2 Å². The van der Waals surface area contributed by atoms with Gasteiger partial charge in [0.15, 0.2) is 0 Å². The van der Waals surface area contributed by atoms with Gasteiger partial charge in [0, 0.05) is 10.2 Å². The summed E-state index contributed by atoms with van der Waals surface area (Å²) in [6.45, 7) is 0. The van der Waals surface area contributed by atoms with E-state index in [-0.39, 0.29) is 15.2 Å². The van der Waals surface area contributed by atoms with E-state index in [9.17, 15) is 13.2 Å². The normalized spacial score (nSPS) is 11.3. The molecule has 1 aromatic rings. The maximum absolute atomic E-state index is 12.5. The number of halogens is 5. The smallest absolute Gasteiger partial charge is 0.353 e. The van der Waals surface area contributed by atoms with Crippen LogP contribution in [0.1, 0.15) is 5.56 Å². The first-order valence-corrected chi connectivity index (χ1v) is 5.27. The van der Waals surface area contributed by atoms with Gasteiger partial charge in [-0.15, -0.1) is 0 Å². The Morgan fingerprint density at radius 3 is 2.47 bits per heavy atom. The van der Waals surface area contributed by atoms with Gasteiger partial charge in [-0.25, -0.2) is 0 Å². The second-order valence-electron chi connectivity index (χ2n) is 2.58. The maximum Gasteiger partial charge on any atom is 0.417 e. The van der Waals surface area contributed by atoms with Crippen molar-refractivity contribution in [2.75, 3.05) is 5.32 Å². The van der Waals surface area contributed by atoms with Crippen LogP contribution in [-0.2, 0) is 6.18 Å². The Morgan fingerprint density at radius 2 is 2.00 bits per heavy atom. The monoisotopic (exact) mass is 317 g/mol. The van der Waals surface area contributed by atoms with Crippen molar-refractivity contribution in [2.24, 2.45) is 0 Å². The summed E-state index contributed by atoms with van der Waals surface area (Å²) in [4.78, 5) is 0. The van der Waals surface area contributed by atoms with Crippen molar-refractivity contribution >= 4 is 50.9 Å². The number of nitrogens with one attached hydrogen (secondary N) is 1. The predicted molar refractivity (Wildman–Crippen MR) is 61.4 cm³/mol. The summed E-state index contributed by atoms with van der Waals surface area (Å²) in [5.74, 6) is 0. The Bertz CT molecular complexity index is 394. The van der Waals surface area contributed by atoms with Crippen LogP contribution in [0.3, 0.4) is 0 Å². The number of anilines is 1. The van der Waals surface area contributed by atoms with E-state index >= 15 is 0 Å². The number of alkyl halides is 3. The summed E-state index contributed by atoms with van der Waals surface area (Å²) in [6, 6.07) is 2.28. The van der Waals surface area contributed by atoms with Gasteiger partial charge in [0.05, 0.1) is 16.1 Å². The highest BCUT2D eigenvalue weighted by molar-refractivity contribution is 9.10. The summed E-state index contributed by atoms with van der Waals surface area (Å²) < 4.78 is 37.3. The molecule has 0 fully saturated rings. The third-order valence-corrected chi connectivity index (χ3v) is 3.06. The van der Waals surface area contributed by atoms with Gasteiger partial charge in [0.25, 0.3) is 0 Å². The van der Waals surface area contributed by atoms with Crippen LogP contribution < -0.4 is 5.32 Å².